The van der Waals surface area contributed by atoms with E-state index >= 15 is 0 Å². The summed E-state index contributed by atoms with van der Waals surface area (Å²) in [5.41, 5.74) is 0.702. The zero-order valence-electron chi connectivity index (χ0n) is 13.3. The lowest BCUT2D eigenvalue weighted by Crippen LogP contribution is -2.39. The van der Waals surface area contributed by atoms with Gasteiger partial charge in [-0.2, -0.15) is 0 Å². The largest absolute Gasteiger partial charge is 0.454 e. The maximum absolute atomic E-state index is 12.4. The summed E-state index contributed by atoms with van der Waals surface area (Å²) in [5, 5.41) is 3.95. The van der Waals surface area contributed by atoms with E-state index in [0.29, 0.717) is 23.7 Å². The van der Waals surface area contributed by atoms with Gasteiger partial charge in [0, 0.05) is 29.4 Å². The van der Waals surface area contributed by atoms with E-state index < -0.39 is 0 Å². The zero-order valence-corrected chi connectivity index (χ0v) is 14.1. The molecule has 1 aromatic heterocycles. The lowest BCUT2D eigenvalue weighted by atomic mass is 10.2. The van der Waals surface area contributed by atoms with Crippen LogP contribution in [-0.4, -0.2) is 35.7 Å². The van der Waals surface area contributed by atoms with Gasteiger partial charge in [0.05, 0.1) is 11.0 Å². The van der Waals surface area contributed by atoms with Gasteiger partial charge in [0.1, 0.15) is 0 Å². The molecule has 7 heteroatoms. The zero-order chi connectivity index (χ0) is 16.4. The van der Waals surface area contributed by atoms with Gasteiger partial charge < -0.3 is 14.8 Å². The van der Waals surface area contributed by atoms with Crippen LogP contribution in [0, 0.1) is 6.92 Å². The fraction of sp³-hybridized carbons (Fsp3) is 0.375. The third-order valence-corrected chi connectivity index (χ3v) is 4.65. The van der Waals surface area contributed by atoms with Crippen molar-refractivity contribution in [3.63, 3.8) is 0 Å². The molecule has 0 bridgehead atoms. The van der Waals surface area contributed by atoms with Crippen molar-refractivity contribution < 1.29 is 14.3 Å². The molecule has 2 heterocycles. The quantitative estimate of drug-likeness (QED) is 0.911. The third-order valence-electron chi connectivity index (χ3n) is 3.76. The molecule has 6 nitrogen and oxygen atoms in total. The summed E-state index contributed by atoms with van der Waals surface area (Å²) in [6.45, 7) is 4.78. The van der Waals surface area contributed by atoms with E-state index in [-0.39, 0.29) is 18.7 Å². The second-order valence-corrected chi connectivity index (χ2v) is 6.81. The number of aryl methyl sites for hydroxylation is 1. The highest BCUT2D eigenvalue weighted by Gasteiger charge is 2.20. The van der Waals surface area contributed by atoms with Crippen molar-refractivity contribution in [2.24, 2.45) is 0 Å². The number of carbonyl (C=O) groups is 1. The third kappa shape index (κ3) is 3.62. The molecule has 1 aliphatic rings. The van der Waals surface area contributed by atoms with Gasteiger partial charge in [-0.05, 0) is 33.0 Å². The molecule has 2 aromatic rings. The maximum atomic E-state index is 12.4. The van der Waals surface area contributed by atoms with Gasteiger partial charge in [0.2, 0.25) is 12.7 Å². The molecule has 1 N–H and O–H groups in total. The fourth-order valence-corrected chi connectivity index (χ4v) is 3.14. The van der Waals surface area contributed by atoms with Gasteiger partial charge in [-0.1, -0.05) is 0 Å². The summed E-state index contributed by atoms with van der Waals surface area (Å²) < 4.78 is 10.6. The number of likely N-dealkylation sites (N-methyl/N-ethyl adjacent to an activating group) is 1. The first-order valence-electron chi connectivity index (χ1n) is 7.35. The highest BCUT2D eigenvalue weighted by molar-refractivity contribution is 7.11. The molecule has 0 saturated heterocycles. The minimum absolute atomic E-state index is 0.0624. The van der Waals surface area contributed by atoms with Gasteiger partial charge in [-0.15, -0.1) is 11.3 Å². The van der Waals surface area contributed by atoms with Gasteiger partial charge in [-0.3, -0.25) is 9.69 Å². The molecule has 122 valence electrons. The molecule has 0 unspecified atom stereocenters. The Labute approximate surface area is 139 Å². The Hall–Kier alpha value is -2.12. The summed E-state index contributed by atoms with van der Waals surface area (Å²) in [4.78, 5) is 19.8. The predicted octanol–water partition coefficient (Wildman–Crippen LogP) is 2.64. The molecule has 0 aliphatic carbocycles. The molecule has 1 amide bonds. The molecule has 1 aliphatic heterocycles. The minimum atomic E-state index is -0.261. The van der Waals surface area contributed by atoms with Gasteiger partial charge in [0.25, 0.3) is 0 Å². The topological polar surface area (TPSA) is 63.7 Å². The van der Waals surface area contributed by atoms with Crippen molar-refractivity contribution in [1.29, 1.82) is 0 Å². The normalized spacial score (nSPS) is 14.1. The molecular formula is C16H19N3O3S. The van der Waals surface area contributed by atoms with Crippen LogP contribution >= 0.6 is 11.3 Å². The van der Waals surface area contributed by atoms with Crippen LogP contribution in [0.2, 0.25) is 0 Å². The van der Waals surface area contributed by atoms with Crippen LogP contribution in [0.3, 0.4) is 0 Å². The lowest BCUT2D eigenvalue weighted by Gasteiger charge is -2.23. The molecule has 3 rings (SSSR count). The van der Waals surface area contributed by atoms with E-state index in [0.717, 1.165) is 9.88 Å². The smallest absolute Gasteiger partial charge is 0.241 e. The van der Waals surface area contributed by atoms with E-state index in [1.54, 1.807) is 23.5 Å². The van der Waals surface area contributed by atoms with Gasteiger partial charge in [0.15, 0.2) is 11.5 Å². The van der Waals surface area contributed by atoms with Crippen LogP contribution in [0.25, 0.3) is 0 Å². The highest BCUT2D eigenvalue weighted by atomic mass is 32.1. The Bertz CT molecular complexity index is 716. The molecule has 0 saturated carbocycles. The minimum Gasteiger partial charge on any atom is -0.454 e. The van der Waals surface area contributed by atoms with Crippen molar-refractivity contribution >= 4 is 22.9 Å². The number of anilines is 1. The number of hydrogen-bond donors (Lipinski definition) is 1. The maximum Gasteiger partial charge on any atom is 0.241 e. The van der Waals surface area contributed by atoms with E-state index in [9.17, 15) is 4.79 Å². The van der Waals surface area contributed by atoms with E-state index in [1.807, 2.05) is 38.1 Å². The summed E-state index contributed by atoms with van der Waals surface area (Å²) in [6, 6.07) is 5.12. The first-order chi connectivity index (χ1) is 11.0. The van der Waals surface area contributed by atoms with Crippen LogP contribution in [-0.2, 0) is 11.3 Å². The number of fused-ring (bicyclic) bond motifs is 1. The van der Waals surface area contributed by atoms with Crippen molar-refractivity contribution in [3.05, 3.63) is 34.3 Å². The monoisotopic (exact) mass is 333 g/mol. The number of amides is 1. The lowest BCUT2D eigenvalue weighted by molar-refractivity contribution is -0.120. The molecule has 0 spiro atoms. The van der Waals surface area contributed by atoms with Crippen LogP contribution < -0.4 is 14.8 Å². The Balaban J connectivity index is 1.60. The van der Waals surface area contributed by atoms with E-state index in [1.165, 1.54) is 0 Å². The van der Waals surface area contributed by atoms with E-state index in [4.69, 9.17) is 9.47 Å². The number of nitrogens with one attached hydrogen (secondary N) is 1. The van der Waals surface area contributed by atoms with Crippen LogP contribution in [0.15, 0.2) is 24.4 Å². The average Bonchev–Trinajstić information content (AvgIpc) is 3.14. The van der Waals surface area contributed by atoms with Gasteiger partial charge >= 0.3 is 0 Å². The second-order valence-electron chi connectivity index (χ2n) is 5.49. The summed E-state index contributed by atoms with van der Waals surface area (Å²) in [7, 11) is 1.93. The van der Waals surface area contributed by atoms with Crippen LogP contribution in [0.4, 0.5) is 5.69 Å². The number of ether oxygens (including phenoxy) is 2. The Kier molecular flexibility index (Phi) is 4.49. The summed E-state index contributed by atoms with van der Waals surface area (Å²) >= 11 is 1.65. The van der Waals surface area contributed by atoms with Gasteiger partial charge in [-0.25, -0.2) is 4.98 Å². The van der Waals surface area contributed by atoms with Crippen molar-refractivity contribution in [2.45, 2.75) is 26.4 Å². The Morgan fingerprint density at radius 2 is 2.22 bits per heavy atom. The molecule has 0 fully saturated rings. The number of rotatable bonds is 5. The number of aromatic nitrogens is 1. The number of thiazole rings is 1. The Morgan fingerprint density at radius 1 is 1.43 bits per heavy atom. The second kappa shape index (κ2) is 6.55. The molecule has 1 aromatic carbocycles. The molecule has 0 radical (unpaired) electrons. The highest BCUT2D eigenvalue weighted by Crippen LogP contribution is 2.34. The SMILES string of the molecule is Cc1ncc(CN(C)[C@@H](C)C(=O)Nc2ccc3c(c2)OCO3)s1. The predicted molar refractivity (Wildman–Crippen MR) is 89.0 cm³/mol. The van der Waals surface area contributed by atoms with Crippen molar-refractivity contribution in [3.8, 4) is 11.5 Å². The molecule has 23 heavy (non-hydrogen) atoms. The number of carbonyl (C=O) groups excluding carboxylic acids is 1. The van der Waals surface area contributed by atoms with Crippen molar-refractivity contribution in [2.75, 3.05) is 19.2 Å². The number of hydrogen-bond acceptors (Lipinski definition) is 6. The standard InChI is InChI=1S/C16H19N3O3S/c1-10(19(3)8-13-7-17-11(2)23-13)16(20)18-12-4-5-14-15(6-12)22-9-21-14/h4-7,10H,8-9H2,1-3H3,(H,18,20)/t10-/m0/s1. The summed E-state index contributed by atoms with van der Waals surface area (Å²) in [6.07, 6.45) is 1.86. The first-order valence-corrected chi connectivity index (χ1v) is 8.16. The van der Waals surface area contributed by atoms with Crippen LogP contribution in [0.5, 0.6) is 11.5 Å². The average molecular weight is 333 g/mol. The van der Waals surface area contributed by atoms with Crippen LogP contribution in [0.1, 0.15) is 16.8 Å². The molecule has 1 atom stereocenters. The first kappa shape index (κ1) is 15.8. The molecular weight excluding hydrogens is 314 g/mol. The van der Waals surface area contributed by atoms with Crippen molar-refractivity contribution in [1.82, 2.24) is 9.88 Å². The fourth-order valence-electron chi connectivity index (χ4n) is 2.28. The Morgan fingerprint density at radius 3 is 2.96 bits per heavy atom. The number of nitrogens with zero attached hydrogens (tertiary/aromatic N) is 2. The number of benzene rings is 1. The summed E-state index contributed by atoms with van der Waals surface area (Å²) in [5.74, 6) is 1.30. The van der Waals surface area contributed by atoms with E-state index in [2.05, 4.69) is 10.3 Å².